The Kier molecular flexibility index (Phi) is 5.71. The molecule has 1 aliphatic rings. The molecule has 5 rings (SSSR count). The number of anilines is 1. The minimum absolute atomic E-state index is 0.174. The first-order valence-corrected chi connectivity index (χ1v) is 11.0. The fraction of sp³-hybridized carbons (Fsp3) is 0.304. The highest BCUT2D eigenvalue weighted by atomic mass is 35.5. The Labute approximate surface area is 189 Å². The predicted molar refractivity (Wildman–Crippen MR) is 121 cm³/mol. The van der Waals surface area contributed by atoms with Gasteiger partial charge in [-0.2, -0.15) is 5.10 Å². The van der Waals surface area contributed by atoms with E-state index in [-0.39, 0.29) is 24.7 Å². The van der Waals surface area contributed by atoms with Gasteiger partial charge in [0, 0.05) is 46.4 Å². The quantitative estimate of drug-likeness (QED) is 0.390. The smallest absolute Gasteiger partial charge is 0.205 e. The molecule has 32 heavy (non-hydrogen) atoms. The number of aromatic nitrogens is 3. The van der Waals surface area contributed by atoms with E-state index in [9.17, 15) is 4.39 Å². The van der Waals surface area contributed by atoms with Gasteiger partial charge in [-0.25, -0.2) is 9.37 Å². The number of furan rings is 1. The third kappa shape index (κ3) is 3.80. The number of hydrogen-bond donors (Lipinski definition) is 3. The van der Waals surface area contributed by atoms with Crippen LogP contribution in [0.2, 0.25) is 5.02 Å². The van der Waals surface area contributed by atoms with Crippen LogP contribution in [-0.2, 0) is 6.42 Å². The van der Waals surface area contributed by atoms with Crippen LogP contribution in [0.3, 0.4) is 0 Å². The van der Waals surface area contributed by atoms with Crippen molar-refractivity contribution in [2.45, 2.75) is 25.2 Å². The van der Waals surface area contributed by atoms with Gasteiger partial charge in [0.25, 0.3) is 0 Å². The Bertz CT molecular complexity index is 1230. The summed E-state index contributed by atoms with van der Waals surface area (Å²) < 4.78 is 25.8. The molecule has 0 atom stereocenters. The van der Waals surface area contributed by atoms with Crippen molar-refractivity contribution in [3.8, 4) is 16.9 Å². The predicted octanol–water partition coefficient (Wildman–Crippen LogP) is 4.68. The van der Waals surface area contributed by atoms with E-state index in [4.69, 9.17) is 26.5 Å². The molecule has 0 bridgehead atoms. The molecule has 0 unspecified atom stereocenters. The number of nitrogens with two attached hydrogens (primary N) is 1. The summed E-state index contributed by atoms with van der Waals surface area (Å²) in [6, 6.07) is 4.60. The van der Waals surface area contributed by atoms with Gasteiger partial charge in [-0.3, -0.25) is 5.10 Å². The maximum atomic E-state index is 14.1. The zero-order valence-corrected chi connectivity index (χ0v) is 18.1. The Morgan fingerprint density at radius 3 is 2.91 bits per heavy atom. The monoisotopic (exact) mass is 455 g/mol. The number of pyridine rings is 1. The summed E-state index contributed by atoms with van der Waals surface area (Å²) in [6.07, 6.45) is 7.61. The number of H-pyrrole nitrogens is 1. The van der Waals surface area contributed by atoms with Gasteiger partial charge in [-0.1, -0.05) is 17.7 Å². The minimum Gasteiger partial charge on any atom is -0.486 e. The number of rotatable bonds is 6. The zero-order valence-electron chi connectivity index (χ0n) is 17.3. The second-order valence-corrected chi connectivity index (χ2v) is 8.28. The van der Waals surface area contributed by atoms with Gasteiger partial charge in [0.1, 0.15) is 12.1 Å². The summed E-state index contributed by atoms with van der Waals surface area (Å²) >= 11 is 6.11. The average molecular weight is 456 g/mol. The molecule has 1 aliphatic heterocycles. The maximum absolute atomic E-state index is 14.1. The summed E-state index contributed by atoms with van der Waals surface area (Å²) in [5.41, 5.74) is 9.89. The number of fused-ring (bicyclic) bond motifs is 1. The fourth-order valence-corrected chi connectivity index (χ4v) is 4.53. The van der Waals surface area contributed by atoms with Gasteiger partial charge in [0.05, 0.1) is 17.7 Å². The lowest BCUT2D eigenvalue weighted by molar-refractivity contribution is 0.319. The molecule has 0 aliphatic carbocycles. The normalized spacial score (nSPS) is 14.8. The van der Waals surface area contributed by atoms with Crippen LogP contribution in [-0.4, -0.2) is 34.9 Å². The third-order valence-electron chi connectivity index (χ3n) is 5.95. The number of nitrogen functional groups attached to an aromatic ring is 1. The Hall–Kier alpha value is -3.10. The van der Waals surface area contributed by atoms with Gasteiger partial charge in [0.15, 0.2) is 11.4 Å². The van der Waals surface area contributed by atoms with Gasteiger partial charge in [-0.05, 0) is 38.1 Å². The summed E-state index contributed by atoms with van der Waals surface area (Å²) in [6.45, 7) is 2.13. The number of piperidine rings is 1. The lowest BCUT2D eigenvalue weighted by atomic mass is 9.90. The standard InChI is InChI=1S/C23H23ClFN5O2/c24-18-2-1-3-19(25)14(18)6-9-31-22-21-16(10-28-23(22)26)17(12-32-21)15-11-29-30-20(15)13-4-7-27-8-5-13/h1-3,10-13,27H,4-9H2,(H2,26,28)(H,29,30). The summed E-state index contributed by atoms with van der Waals surface area (Å²) in [5.74, 6) is 0.568. The van der Waals surface area contributed by atoms with Crippen molar-refractivity contribution < 1.29 is 13.5 Å². The van der Waals surface area contributed by atoms with Crippen molar-refractivity contribution in [2.75, 3.05) is 25.4 Å². The van der Waals surface area contributed by atoms with Crippen LogP contribution in [0.4, 0.5) is 10.2 Å². The highest BCUT2D eigenvalue weighted by Gasteiger charge is 2.24. The highest BCUT2D eigenvalue weighted by Crippen LogP contribution is 2.40. The molecular formula is C23H23ClFN5O2. The number of nitrogens with one attached hydrogen (secondary N) is 2. The Morgan fingerprint density at radius 1 is 1.25 bits per heavy atom. The molecule has 0 amide bonds. The topological polar surface area (TPSA) is 102 Å². The number of ether oxygens (including phenoxy) is 1. The molecule has 4 aromatic rings. The molecule has 3 aromatic heterocycles. The fourth-order valence-electron chi connectivity index (χ4n) is 4.28. The van der Waals surface area contributed by atoms with Crippen molar-refractivity contribution in [3.63, 3.8) is 0 Å². The largest absolute Gasteiger partial charge is 0.486 e. The molecule has 9 heteroatoms. The van der Waals surface area contributed by atoms with Gasteiger partial charge < -0.3 is 20.2 Å². The Morgan fingerprint density at radius 2 is 2.09 bits per heavy atom. The van der Waals surface area contributed by atoms with Gasteiger partial charge in [0.2, 0.25) is 5.75 Å². The van der Waals surface area contributed by atoms with E-state index < -0.39 is 0 Å². The second kappa shape index (κ2) is 8.80. The van der Waals surface area contributed by atoms with Gasteiger partial charge in [-0.15, -0.1) is 0 Å². The first-order chi connectivity index (χ1) is 15.6. The minimum atomic E-state index is -0.365. The average Bonchev–Trinajstić information content (AvgIpc) is 3.44. The SMILES string of the molecule is Nc1ncc2c(-c3c[nH]nc3C3CCNCC3)coc2c1OCCc1c(F)cccc1Cl. The first-order valence-electron chi connectivity index (χ1n) is 10.6. The molecule has 0 radical (unpaired) electrons. The van der Waals surface area contributed by atoms with Crippen LogP contribution in [0.5, 0.6) is 5.75 Å². The number of benzene rings is 1. The van der Waals surface area contributed by atoms with E-state index >= 15 is 0 Å². The van der Waals surface area contributed by atoms with E-state index in [0.29, 0.717) is 27.8 Å². The molecule has 166 valence electrons. The van der Waals surface area contributed by atoms with Crippen LogP contribution >= 0.6 is 11.6 Å². The van der Waals surface area contributed by atoms with Gasteiger partial charge >= 0.3 is 0 Å². The summed E-state index contributed by atoms with van der Waals surface area (Å²) in [4.78, 5) is 4.31. The molecule has 1 saturated heterocycles. The molecular weight excluding hydrogens is 433 g/mol. The molecule has 0 saturated carbocycles. The highest BCUT2D eigenvalue weighted by molar-refractivity contribution is 6.31. The van der Waals surface area contributed by atoms with Crippen LogP contribution < -0.4 is 15.8 Å². The summed E-state index contributed by atoms with van der Waals surface area (Å²) in [7, 11) is 0. The molecule has 0 spiro atoms. The molecule has 4 heterocycles. The van der Waals surface area contributed by atoms with E-state index in [1.165, 1.54) is 6.07 Å². The van der Waals surface area contributed by atoms with Crippen LogP contribution in [0.25, 0.3) is 22.1 Å². The number of aromatic amines is 1. The van der Waals surface area contributed by atoms with Crippen LogP contribution in [0, 0.1) is 5.82 Å². The van der Waals surface area contributed by atoms with E-state index in [2.05, 4.69) is 20.5 Å². The van der Waals surface area contributed by atoms with Crippen molar-refractivity contribution >= 4 is 28.4 Å². The first kappa shape index (κ1) is 20.8. The van der Waals surface area contributed by atoms with E-state index in [0.717, 1.165) is 48.1 Å². The molecule has 1 fully saturated rings. The number of nitrogens with zero attached hydrogens (tertiary/aromatic N) is 2. The molecule has 7 nitrogen and oxygen atoms in total. The third-order valence-corrected chi connectivity index (χ3v) is 6.30. The number of halogens is 2. The van der Waals surface area contributed by atoms with Crippen molar-refractivity contribution in [1.29, 1.82) is 0 Å². The lowest BCUT2D eigenvalue weighted by Crippen LogP contribution is -2.27. The van der Waals surface area contributed by atoms with Crippen LogP contribution in [0.15, 0.2) is 41.3 Å². The van der Waals surface area contributed by atoms with Crippen molar-refractivity contribution in [3.05, 3.63) is 59.0 Å². The molecule has 1 aromatic carbocycles. The van der Waals surface area contributed by atoms with Crippen molar-refractivity contribution in [2.24, 2.45) is 0 Å². The van der Waals surface area contributed by atoms with Crippen LogP contribution in [0.1, 0.15) is 30.0 Å². The number of hydrogen-bond acceptors (Lipinski definition) is 6. The lowest BCUT2D eigenvalue weighted by Gasteiger charge is -2.21. The van der Waals surface area contributed by atoms with E-state index in [1.54, 1.807) is 24.6 Å². The van der Waals surface area contributed by atoms with E-state index in [1.807, 2.05) is 6.20 Å². The van der Waals surface area contributed by atoms with Crippen molar-refractivity contribution in [1.82, 2.24) is 20.5 Å². The second-order valence-electron chi connectivity index (χ2n) is 7.87. The Balaban J connectivity index is 1.43. The zero-order chi connectivity index (χ0) is 22.1. The summed E-state index contributed by atoms with van der Waals surface area (Å²) in [5, 5.41) is 12.1. The maximum Gasteiger partial charge on any atom is 0.205 e. The molecule has 4 N–H and O–H groups in total.